The van der Waals surface area contributed by atoms with Crippen LogP contribution in [0.3, 0.4) is 0 Å². The molecule has 1 N–H and O–H groups in total. The molecule has 1 aromatic rings. The molecule has 1 atom stereocenters. The fourth-order valence-electron chi connectivity index (χ4n) is 1.76. The van der Waals surface area contributed by atoms with Crippen molar-refractivity contribution in [2.75, 3.05) is 13.2 Å². The quantitative estimate of drug-likeness (QED) is 0.742. The topological polar surface area (TPSA) is 21.3 Å². The summed E-state index contributed by atoms with van der Waals surface area (Å²) in [6.45, 7) is 11.2. The third kappa shape index (κ3) is 3.84. The SMILES string of the molecule is C=C(OCC)c1cc(C(C)NCCC)ccc1F. The summed E-state index contributed by atoms with van der Waals surface area (Å²) in [6.07, 6.45) is 1.07. The van der Waals surface area contributed by atoms with E-state index in [-0.39, 0.29) is 11.9 Å². The number of rotatable bonds is 7. The average molecular weight is 251 g/mol. The molecule has 100 valence electrons. The van der Waals surface area contributed by atoms with Crippen molar-refractivity contribution < 1.29 is 9.13 Å². The molecule has 0 heterocycles. The molecule has 0 aliphatic carbocycles. The monoisotopic (exact) mass is 251 g/mol. The average Bonchev–Trinajstić information content (AvgIpc) is 2.36. The van der Waals surface area contributed by atoms with Crippen molar-refractivity contribution in [3.8, 4) is 0 Å². The van der Waals surface area contributed by atoms with Crippen LogP contribution >= 0.6 is 0 Å². The minimum atomic E-state index is -0.292. The van der Waals surface area contributed by atoms with E-state index in [1.54, 1.807) is 12.1 Å². The Morgan fingerprint density at radius 2 is 2.17 bits per heavy atom. The standard InChI is InChI=1S/C15H22FNO/c1-5-9-17-11(3)13-7-8-15(16)14(10-13)12(4)18-6-2/h7-8,10-11,17H,4-6,9H2,1-3H3. The predicted octanol–water partition coefficient (Wildman–Crippen LogP) is 3.89. The molecule has 1 rings (SSSR count). The van der Waals surface area contributed by atoms with E-state index in [1.807, 2.05) is 6.92 Å². The van der Waals surface area contributed by atoms with Crippen molar-refractivity contribution in [2.24, 2.45) is 0 Å². The molecule has 1 unspecified atom stereocenters. The van der Waals surface area contributed by atoms with Gasteiger partial charge in [0, 0.05) is 6.04 Å². The molecule has 18 heavy (non-hydrogen) atoms. The number of hydrogen-bond acceptors (Lipinski definition) is 2. The third-order valence-electron chi connectivity index (χ3n) is 2.81. The molecular formula is C15H22FNO. The van der Waals surface area contributed by atoms with Gasteiger partial charge < -0.3 is 10.1 Å². The van der Waals surface area contributed by atoms with Crippen molar-refractivity contribution in [1.29, 1.82) is 0 Å². The maximum Gasteiger partial charge on any atom is 0.134 e. The van der Waals surface area contributed by atoms with Crippen molar-refractivity contribution in [3.05, 3.63) is 41.7 Å². The number of benzene rings is 1. The molecule has 2 nitrogen and oxygen atoms in total. The fourth-order valence-corrected chi connectivity index (χ4v) is 1.76. The Hall–Kier alpha value is -1.35. The van der Waals surface area contributed by atoms with Crippen molar-refractivity contribution in [3.63, 3.8) is 0 Å². The number of nitrogens with one attached hydrogen (secondary N) is 1. The highest BCUT2D eigenvalue weighted by molar-refractivity contribution is 5.59. The molecule has 0 saturated heterocycles. The second-order valence-electron chi connectivity index (χ2n) is 4.27. The van der Waals surface area contributed by atoms with Gasteiger partial charge >= 0.3 is 0 Å². The first-order valence-corrected chi connectivity index (χ1v) is 6.45. The van der Waals surface area contributed by atoms with Gasteiger partial charge in [-0.2, -0.15) is 0 Å². The summed E-state index contributed by atoms with van der Waals surface area (Å²) in [6, 6.07) is 5.27. The van der Waals surface area contributed by atoms with E-state index >= 15 is 0 Å². The normalized spacial score (nSPS) is 12.2. The predicted molar refractivity (Wildman–Crippen MR) is 73.8 cm³/mol. The van der Waals surface area contributed by atoms with Crippen LogP contribution in [0.2, 0.25) is 0 Å². The Bertz CT molecular complexity index is 403. The molecule has 3 heteroatoms. The van der Waals surface area contributed by atoms with Crippen LogP contribution in [0.5, 0.6) is 0 Å². The summed E-state index contributed by atoms with van der Waals surface area (Å²) in [7, 11) is 0. The summed E-state index contributed by atoms with van der Waals surface area (Å²) in [5, 5.41) is 3.37. The molecule has 0 aromatic heterocycles. The first-order valence-electron chi connectivity index (χ1n) is 6.45. The minimum Gasteiger partial charge on any atom is -0.494 e. The van der Waals surface area contributed by atoms with Crippen LogP contribution in [-0.2, 0) is 4.74 Å². The van der Waals surface area contributed by atoms with Crippen LogP contribution in [0, 0.1) is 5.82 Å². The Labute approximate surface area is 109 Å². The smallest absolute Gasteiger partial charge is 0.134 e. The van der Waals surface area contributed by atoms with Crippen LogP contribution in [0.15, 0.2) is 24.8 Å². The maximum absolute atomic E-state index is 13.7. The molecule has 1 aromatic carbocycles. The zero-order chi connectivity index (χ0) is 13.5. The van der Waals surface area contributed by atoms with Gasteiger partial charge in [0.2, 0.25) is 0 Å². The Morgan fingerprint density at radius 1 is 1.44 bits per heavy atom. The van der Waals surface area contributed by atoms with E-state index in [0.29, 0.717) is 17.9 Å². The zero-order valence-electron chi connectivity index (χ0n) is 11.4. The molecule has 0 bridgehead atoms. The number of ether oxygens (including phenoxy) is 1. The Kier molecular flexibility index (Phi) is 5.86. The molecule has 0 radical (unpaired) electrons. The van der Waals surface area contributed by atoms with Crippen LogP contribution in [0.25, 0.3) is 5.76 Å². The van der Waals surface area contributed by atoms with Gasteiger partial charge in [0.1, 0.15) is 11.6 Å². The molecular weight excluding hydrogens is 229 g/mol. The molecule has 0 spiro atoms. The van der Waals surface area contributed by atoms with Gasteiger partial charge in [0.15, 0.2) is 0 Å². The van der Waals surface area contributed by atoms with Gasteiger partial charge in [-0.25, -0.2) is 4.39 Å². The van der Waals surface area contributed by atoms with E-state index in [9.17, 15) is 4.39 Å². The van der Waals surface area contributed by atoms with Crippen LogP contribution in [-0.4, -0.2) is 13.2 Å². The van der Waals surface area contributed by atoms with Crippen LogP contribution in [0.4, 0.5) is 4.39 Å². The molecule has 0 aliphatic heterocycles. The van der Waals surface area contributed by atoms with Gasteiger partial charge in [0.05, 0.1) is 12.2 Å². The fraction of sp³-hybridized carbons (Fsp3) is 0.467. The molecule has 0 amide bonds. The van der Waals surface area contributed by atoms with E-state index in [4.69, 9.17) is 4.74 Å². The van der Waals surface area contributed by atoms with Crippen molar-refractivity contribution >= 4 is 5.76 Å². The number of halogens is 1. The van der Waals surface area contributed by atoms with E-state index in [0.717, 1.165) is 18.5 Å². The van der Waals surface area contributed by atoms with Crippen molar-refractivity contribution in [1.82, 2.24) is 5.32 Å². The van der Waals surface area contributed by atoms with Gasteiger partial charge in [-0.05, 0) is 44.5 Å². The Balaban J connectivity index is 2.89. The minimum absolute atomic E-state index is 0.193. The first-order chi connectivity index (χ1) is 8.60. The largest absolute Gasteiger partial charge is 0.494 e. The van der Waals surface area contributed by atoms with Crippen molar-refractivity contribution in [2.45, 2.75) is 33.2 Å². The zero-order valence-corrected chi connectivity index (χ0v) is 11.4. The first kappa shape index (κ1) is 14.7. The highest BCUT2D eigenvalue weighted by Gasteiger charge is 2.11. The maximum atomic E-state index is 13.7. The highest BCUT2D eigenvalue weighted by atomic mass is 19.1. The van der Waals surface area contributed by atoms with Gasteiger partial charge in [-0.3, -0.25) is 0 Å². The second kappa shape index (κ2) is 7.17. The lowest BCUT2D eigenvalue weighted by molar-refractivity contribution is 0.297. The summed E-state index contributed by atoms with van der Waals surface area (Å²) >= 11 is 0. The molecule has 0 saturated carbocycles. The Morgan fingerprint density at radius 3 is 2.78 bits per heavy atom. The van der Waals surface area contributed by atoms with Crippen LogP contribution in [0.1, 0.15) is 44.4 Å². The molecule has 0 aliphatic rings. The summed E-state index contributed by atoms with van der Waals surface area (Å²) < 4.78 is 19.0. The lowest BCUT2D eigenvalue weighted by Gasteiger charge is -2.16. The van der Waals surface area contributed by atoms with Gasteiger partial charge in [0.25, 0.3) is 0 Å². The van der Waals surface area contributed by atoms with Gasteiger partial charge in [-0.1, -0.05) is 19.6 Å². The van der Waals surface area contributed by atoms with E-state index in [2.05, 4.69) is 25.7 Å². The number of hydrogen-bond donors (Lipinski definition) is 1. The molecule has 0 fully saturated rings. The third-order valence-corrected chi connectivity index (χ3v) is 2.81. The highest BCUT2D eigenvalue weighted by Crippen LogP contribution is 2.22. The summed E-state index contributed by atoms with van der Waals surface area (Å²) in [5.74, 6) is 0.0967. The lowest BCUT2D eigenvalue weighted by Crippen LogP contribution is -2.19. The van der Waals surface area contributed by atoms with Crippen LogP contribution < -0.4 is 5.32 Å². The van der Waals surface area contributed by atoms with Gasteiger partial charge in [-0.15, -0.1) is 0 Å². The summed E-state index contributed by atoms with van der Waals surface area (Å²) in [5.41, 5.74) is 1.49. The second-order valence-corrected chi connectivity index (χ2v) is 4.27. The lowest BCUT2D eigenvalue weighted by atomic mass is 10.0. The summed E-state index contributed by atoms with van der Waals surface area (Å²) in [4.78, 5) is 0. The van der Waals surface area contributed by atoms with E-state index in [1.165, 1.54) is 6.07 Å². The van der Waals surface area contributed by atoms with E-state index < -0.39 is 0 Å².